The zero-order valence-corrected chi connectivity index (χ0v) is 12.5. The Balaban J connectivity index is 2.38. The van der Waals surface area contributed by atoms with Gasteiger partial charge in [-0.25, -0.2) is 8.42 Å². The van der Waals surface area contributed by atoms with Crippen molar-refractivity contribution in [3.8, 4) is 0 Å². The molecule has 0 saturated heterocycles. The molecule has 6 heteroatoms. The summed E-state index contributed by atoms with van der Waals surface area (Å²) >= 11 is 0. The Morgan fingerprint density at radius 2 is 2.05 bits per heavy atom. The topological polar surface area (TPSA) is 89.3 Å². The second-order valence-electron chi connectivity index (χ2n) is 5.34. The van der Waals surface area contributed by atoms with Gasteiger partial charge in [-0.1, -0.05) is 12.1 Å². The van der Waals surface area contributed by atoms with Gasteiger partial charge in [-0.2, -0.15) is 0 Å². The van der Waals surface area contributed by atoms with E-state index < -0.39 is 21.1 Å². The lowest BCUT2D eigenvalue weighted by atomic mass is 9.96. The number of aryl methyl sites for hydroxylation is 1. The maximum atomic E-state index is 12.0. The van der Waals surface area contributed by atoms with Crippen LogP contribution in [0.3, 0.4) is 0 Å². The van der Waals surface area contributed by atoms with E-state index in [9.17, 15) is 13.2 Å². The summed E-state index contributed by atoms with van der Waals surface area (Å²) in [4.78, 5) is 12.0. The average molecular weight is 296 g/mol. The van der Waals surface area contributed by atoms with Crippen molar-refractivity contribution in [3.05, 3.63) is 34.9 Å². The Bertz CT molecular complexity index is 625. The van der Waals surface area contributed by atoms with Gasteiger partial charge in [0.05, 0.1) is 5.25 Å². The highest BCUT2D eigenvalue weighted by Crippen LogP contribution is 2.23. The summed E-state index contributed by atoms with van der Waals surface area (Å²) in [6.07, 6.45) is 2.92. The molecule has 0 saturated carbocycles. The fraction of sp³-hybridized carbons (Fsp3) is 0.500. The van der Waals surface area contributed by atoms with Crippen molar-refractivity contribution >= 4 is 15.7 Å². The van der Waals surface area contributed by atoms with Gasteiger partial charge in [0, 0.05) is 24.4 Å². The summed E-state index contributed by atoms with van der Waals surface area (Å²) in [6.45, 7) is 2.25. The first-order valence-electron chi connectivity index (χ1n) is 6.66. The molecule has 1 aliphatic rings. The summed E-state index contributed by atoms with van der Waals surface area (Å²) in [7, 11) is -3.22. The standard InChI is InChI=1S/C14H20N2O3S/c1-9(20(2,18)19)13(15)11-6-5-10-4-3-7-16-14(17)12(10)8-11/h5-6,8-9,13H,3-4,7,15H2,1-2H3,(H,16,17). The van der Waals surface area contributed by atoms with Gasteiger partial charge in [0.2, 0.25) is 0 Å². The quantitative estimate of drug-likeness (QED) is 0.863. The fourth-order valence-corrected chi connectivity index (χ4v) is 3.03. The van der Waals surface area contributed by atoms with Crippen molar-refractivity contribution < 1.29 is 13.2 Å². The molecule has 0 radical (unpaired) electrons. The highest BCUT2D eigenvalue weighted by atomic mass is 32.2. The number of rotatable bonds is 3. The lowest BCUT2D eigenvalue weighted by molar-refractivity contribution is 0.0956. The molecule has 0 aliphatic carbocycles. The molecule has 5 nitrogen and oxygen atoms in total. The molecule has 0 spiro atoms. The molecule has 0 aromatic heterocycles. The van der Waals surface area contributed by atoms with Crippen molar-refractivity contribution in [1.82, 2.24) is 5.32 Å². The van der Waals surface area contributed by atoms with Crippen LogP contribution in [0.25, 0.3) is 0 Å². The predicted molar refractivity (Wildman–Crippen MR) is 78.3 cm³/mol. The first kappa shape index (κ1) is 15.0. The summed E-state index contributed by atoms with van der Waals surface area (Å²) < 4.78 is 23.2. The zero-order chi connectivity index (χ0) is 14.9. The number of nitrogens with two attached hydrogens (primary N) is 1. The number of amides is 1. The highest BCUT2D eigenvalue weighted by Gasteiger charge is 2.25. The van der Waals surface area contributed by atoms with E-state index in [0.29, 0.717) is 17.7 Å². The van der Waals surface area contributed by atoms with Crippen LogP contribution in [0.2, 0.25) is 0 Å². The van der Waals surface area contributed by atoms with Gasteiger partial charge in [0.15, 0.2) is 9.84 Å². The monoisotopic (exact) mass is 296 g/mol. The van der Waals surface area contributed by atoms with Crippen molar-refractivity contribution in [1.29, 1.82) is 0 Å². The summed E-state index contributed by atoms with van der Waals surface area (Å²) in [5.74, 6) is -0.112. The SMILES string of the molecule is CC(C(N)c1ccc2c(c1)C(=O)NCCC2)S(C)(=O)=O. The minimum atomic E-state index is -3.22. The van der Waals surface area contributed by atoms with E-state index in [1.807, 2.05) is 12.1 Å². The van der Waals surface area contributed by atoms with Gasteiger partial charge in [-0.3, -0.25) is 4.79 Å². The predicted octanol–water partition coefficient (Wildman–Crippen LogP) is 0.795. The Morgan fingerprint density at radius 1 is 1.35 bits per heavy atom. The minimum absolute atomic E-state index is 0.112. The smallest absolute Gasteiger partial charge is 0.251 e. The van der Waals surface area contributed by atoms with Gasteiger partial charge < -0.3 is 11.1 Å². The Hall–Kier alpha value is -1.40. The lowest BCUT2D eigenvalue weighted by Gasteiger charge is -2.20. The molecule has 2 atom stereocenters. The van der Waals surface area contributed by atoms with E-state index in [0.717, 1.165) is 18.4 Å². The largest absolute Gasteiger partial charge is 0.352 e. The molecule has 1 aliphatic heterocycles. The van der Waals surface area contributed by atoms with Crippen LogP contribution in [0, 0.1) is 0 Å². The second kappa shape index (κ2) is 5.54. The number of nitrogens with one attached hydrogen (secondary N) is 1. The summed E-state index contributed by atoms with van der Waals surface area (Å²) in [5.41, 5.74) is 8.31. The van der Waals surface area contributed by atoms with Crippen molar-refractivity contribution in [2.75, 3.05) is 12.8 Å². The average Bonchev–Trinajstić information content (AvgIpc) is 2.58. The third-order valence-electron chi connectivity index (χ3n) is 3.85. The van der Waals surface area contributed by atoms with Crippen molar-refractivity contribution in [2.24, 2.45) is 5.73 Å². The minimum Gasteiger partial charge on any atom is -0.352 e. The fourth-order valence-electron chi connectivity index (χ4n) is 2.34. The first-order valence-corrected chi connectivity index (χ1v) is 8.61. The van der Waals surface area contributed by atoms with E-state index in [1.165, 1.54) is 6.26 Å². The van der Waals surface area contributed by atoms with Gasteiger partial charge >= 0.3 is 0 Å². The molecule has 3 N–H and O–H groups in total. The van der Waals surface area contributed by atoms with E-state index in [1.54, 1.807) is 13.0 Å². The molecule has 1 heterocycles. The van der Waals surface area contributed by atoms with Gasteiger partial charge in [0.1, 0.15) is 0 Å². The first-order chi connectivity index (χ1) is 9.30. The maximum absolute atomic E-state index is 12.0. The molecule has 0 bridgehead atoms. The molecule has 1 aromatic carbocycles. The van der Waals surface area contributed by atoms with Gasteiger partial charge in [-0.15, -0.1) is 0 Å². The third kappa shape index (κ3) is 3.02. The summed E-state index contributed by atoms with van der Waals surface area (Å²) in [6, 6.07) is 4.79. The lowest BCUT2D eigenvalue weighted by Crippen LogP contribution is -2.31. The molecule has 1 aromatic rings. The number of hydrogen-bond donors (Lipinski definition) is 2. The van der Waals surface area contributed by atoms with Crippen LogP contribution in [0.1, 0.15) is 40.9 Å². The molecule has 2 unspecified atom stereocenters. The zero-order valence-electron chi connectivity index (χ0n) is 11.7. The van der Waals surface area contributed by atoms with Crippen LogP contribution in [0.15, 0.2) is 18.2 Å². The molecular formula is C14H20N2O3S. The number of hydrogen-bond acceptors (Lipinski definition) is 4. The molecule has 0 fully saturated rings. The van der Waals surface area contributed by atoms with Crippen LogP contribution in [0.4, 0.5) is 0 Å². The summed E-state index contributed by atoms with van der Waals surface area (Å²) in [5, 5.41) is 2.14. The number of carbonyl (C=O) groups is 1. The maximum Gasteiger partial charge on any atom is 0.251 e. The van der Waals surface area contributed by atoms with Crippen LogP contribution in [-0.2, 0) is 16.3 Å². The van der Waals surface area contributed by atoms with E-state index in [2.05, 4.69) is 5.32 Å². The van der Waals surface area contributed by atoms with Crippen molar-refractivity contribution in [3.63, 3.8) is 0 Å². The molecular weight excluding hydrogens is 276 g/mol. The number of fused-ring (bicyclic) bond motifs is 1. The number of carbonyl (C=O) groups excluding carboxylic acids is 1. The molecule has 110 valence electrons. The third-order valence-corrected chi connectivity index (χ3v) is 5.50. The Labute approximate surface area is 119 Å². The van der Waals surface area contributed by atoms with Crippen LogP contribution < -0.4 is 11.1 Å². The Kier molecular flexibility index (Phi) is 4.15. The second-order valence-corrected chi connectivity index (χ2v) is 7.74. The Morgan fingerprint density at radius 3 is 2.70 bits per heavy atom. The highest BCUT2D eigenvalue weighted by molar-refractivity contribution is 7.91. The van der Waals surface area contributed by atoms with Crippen LogP contribution >= 0.6 is 0 Å². The van der Waals surface area contributed by atoms with Gasteiger partial charge in [-0.05, 0) is 37.0 Å². The van der Waals surface area contributed by atoms with E-state index >= 15 is 0 Å². The van der Waals surface area contributed by atoms with Gasteiger partial charge in [0.25, 0.3) is 5.91 Å². The number of sulfone groups is 1. The number of benzene rings is 1. The van der Waals surface area contributed by atoms with Crippen LogP contribution in [-0.4, -0.2) is 32.4 Å². The molecule has 20 heavy (non-hydrogen) atoms. The molecule has 1 amide bonds. The molecule has 2 rings (SSSR count). The van der Waals surface area contributed by atoms with E-state index in [4.69, 9.17) is 5.73 Å². The normalized spacial score (nSPS) is 18.6. The van der Waals surface area contributed by atoms with E-state index in [-0.39, 0.29) is 5.91 Å². The van der Waals surface area contributed by atoms with Crippen molar-refractivity contribution in [2.45, 2.75) is 31.1 Å². The van der Waals surface area contributed by atoms with Crippen LogP contribution in [0.5, 0.6) is 0 Å².